The first-order chi connectivity index (χ1) is 15.8. The summed E-state index contributed by atoms with van der Waals surface area (Å²) in [5, 5.41) is 8.37. The second-order valence-electron chi connectivity index (χ2n) is 7.90. The Balaban J connectivity index is 1.94. The first-order valence-corrected chi connectivity index (χ1v) is 11.0. The molecule has 2 aromatic rings. The Morgan fingerprint density at radius 3 is 2.27 bits per heavy atom. The van der Waals surface area contributed by atoms with E-state index in [1.54, 1.807) is 18.2 Å². The lowest BCUT2D eigenvalue weighted by Gasteiger charge is -2.22. The summed E-state index contributed by atoms with van der Waals surface area (Å²) in [5.74, 6) is 0.135. The molecule has 8 nitrogen and oxygen atoms in total. The van der Waals surface area contributed by atoms with E-state index in [2.05, 4.69) is 16.0 Å². The summed E-state index contributed by atoms with van der Waals surface area (Å²) >= 11 is 0. The van der Waals surface area contributed by atoms with Gasteiger partial charge in [0.1, 0.15) is 6.04 Å². The normalized spacial score (nSPS) is 11.4. The molecule has 0 aromatic heterocycles. The van der Waals surface area contributed by atoms with Crippen LogP contribution in [0.15, 0.2) is 48.5 Å². The van der Waals surface area contributed by atoms with Crippen molar-refractivity contribution in [2.45, 2.75) is 39.8 Å². The van der Waals surface area contributed by atoms with Crippen LogP contribution in [0.5, 0.6) is 11.5 Å². The molecule has 3 amide bonds. The van der Waals surface area contributed by atoms with Crippen LogP contribution in [0.1, 0.15) is 31.9 Å². The summed E-state index contributed by atoms with van der Waals surface area (Å²) in [4.78, 5) is 36.8. The van der Waals surface area contributed by atoms with Crippen LogP contribution < -0.4 is 25.4 Å². The van der Waals surface area contributed by atoms with Crippen molar-refractivity contribution in [1.82, 2.24) is 16.0 Å². The predicted octanol–water partition coefficient (Wildman–Crippen LogP) is 2.21. The van der Waals surface area contributed by atoms with E-state index in [1.807, 2.05) is 51.1 Å². The van der Waals surface area contributed by atoms with Gasteiger partial charge in [0, 0.05) is 13.1 Å². The van der Waals surface area contributed by atoms with Crippen molar-refractivity contribution >= 4 is 17.7 Å². The van der Waals surface area contributed by atoms with Crippen LogP contribution in [-0.2, 0) is 27.3 Å². The van der Waals surface area contributed by atoms with Crippen molar-refractivity contribution in [2.24, 2.45) is 5.92 Å². The molecule has 0 radical (unpaired) electrons. The topological polar surface area (TPSA) is 106 Å². The number of amides is 3. The van der Waals surface area contributed by atoms with Crippen LogP contribution in [-0.4, -0.2) is 44.0 Å². The molecule has 178 valence electrons. The van der Waals surface area contributed by atoms with Crippen molar-refractivity contribution in [3.63, 3.8) is 0 Å². The number of carbonyl (C=O) groups is 3. The summed E-state index contributed by atoms with van der Waals surface area (Å²) in [6, 6.07) is 14.0. The number of benzene rings is 2. The summed E-state index contributed by atoms with van der Waals surface area (Å²) in [5.41, 5.74) is 1.68. The Bertz CT molecular complexity index is 931. The molecule has 2 rings (SSSR count). The van der Waals surface area contributed by atoms with Gasteiger partial charge < -0.3 is 25.4 Å². The van der Waals surface area contributed by atoms with E-state index in [-0.39, 0.29) is 43.2 Å². The van der Waals surface area contributed by atoms with Crippen LogP contribution in [0.2, 0.25) is 0 Å². The van der Waals surface area contributed by atoms with Gasteiger partial charge in [-0.3, -0.25) is 14.4 Å². The maximum Gasteiger partial charge on any atom is 0.257 e. The zero-order chi connectivity index (χ0) is 24.2. The molecule has 2 aromatic carbocycles. The number of rotatable bonds is 12. The van der Waals surface area contributed by atoms with Crippen molar-refractivity contribution in [2.75, 3.05) is 20.3 Å². The third-order valence-corrected chi connectivity index (χ3v) is 4.90. The molecule has 0 saturated heterocycles. The van der Waals surface area contributed by atoms with Crippen LogP contribution in [0, 0.1) is 5.92 Å². The monoisotopic (exact) mass is 455 g/mol. The molecule has 8 heteroatoms. The molecule has 0 aliphatic rings. The highest BCUT2D eigenvalue weighted by atomic mass is 16.5. The van der Waals surface area contributed by atoms with E-state index in [0.29, 0.717) is 18.0 Å². The number of methoxy groups -OCH3 is 1. The number of likely N-dealkylation sites (N-methyl/N-ethyl adjacent to an activating group) is 1. The lowest BCUT2D eigenvalue weighted by Crippen LogP contribution is -2.49. The van der Waals surface area contributed by atoms with E-state index in [0.717, 1.165) is 11.1 Å². The van der Waals surface area contributed by atoms with Gasteiger partial charge in [0.05, 0.1) is 13.5 Å². The minimum Gasteiger partial charge on any atom is -0.493 e. The standard InChI is InChI=1S/C25H33N3O5/c1-5-26-23(30)16-33-20-12-11-19(13-21(20)32-4)15-27-25(31)24(17(2)3)28-22(29)14-18-9-7-6-8-10-18/h6-13,17,24H,5,14-16H2,1-4H3,(H,26,30)(H,27,31)(H,28,29). The SMILES string of the molecule is CCNC(=O)COc1ccc(CNC(=O)C(NC(=O)Cc2ccccc2)C(C)C)cc1OC. The van der Waals surface area contributed by atoms with Gasteiger partial charge in [-0.15, -0.1) is 0 Å². The fourth-order valence-corrected chi connectivity index (χ4v) is 3.17. The molecule has 0 spiro atoms. The predicted molar refractivity (Wildman–Crippen MR) is 126 cm³/mol. The highest BCUT2D eigenvalue weighted by Gasteiger charge is 2.24. The van der Waals surface area contributed by atoms with Crippen molar-refractivity contribution in [3.8, 4) is 11.5 Å². The molecule has 0 saturated carbocycles. The van der Waals surface area contributed by atoms with Crippen molar-refractivity contribution in [3.05, 3.63) is 59.7 Å². The zero-order valence-electron chi connectivity index (χ0n) is 19.6. The summed E-state index contributed by atoms with van der Waals surface area (Å²) in [7, 11) is 1.51. The van der Waals surface area contributed by atoms with Crippen LogP contribution in [0.4, 0.5) is 0 Å². The highest BCUT2D eigenvalue weighted by molar-refractivity contribution is 5.88. The lowest BCUT2D eigenvalue weighted by molar-refractivity contribution is -0.129. The quantitative estimate of drug-likeness (QED) is 0.455. The largest absolute Gasteiger partial charge is 0.493 e. The van der Waals surface area contributed by atoms with Gasteiger partial charge in [-0.1, -0.05) is 50.2 Å². The number of nitrogens with one attached hydrogen (secondary N) is 3. The van der Waals surface area contributed by atoms with Gasteiger partial charge in [0.25, 0.3) is 5.91 Å². The average Bonchev–Trinajstić information content (AvgIpc) is 2.80. The van der Waals surface area contributed by atoms with E-state index in [1.165, 1.54) is 7.11 Å². The molecule has 0 aliphatic carbocycles. The smallest absolute Gasteiger partial charge is 0.257 e. The van der Waals surface area contributed by atoms with Crippen LogP contribution >= 0.6 is 0 Å². The maximum absolute atomic E-state index is 12.8. The lowest BCUT2D eigenvalue weighted by atomic mass is 10.0. The fraction of sp³-hybridized carbons (Fsp3) is 0.400. The van der Waals surface area contributed by atoms with Crippen LogP contribution in [0.25, 0.3) is 0 Å². The molecule has 1 unspecified atom stereocenters. The molecule has 3 N–H and O–H groups in total. The molecule has 33 heavy (non-hydrogen) atoms. The van der Waals surface area contributed by atoms with Gasteiger partial charge >= 0.3 is 0 Å². The minimum absolute atomic E-state index is 0.0793. The Kier molecular flexibility index (Phi) is 10.2. The van der Waals surface area contributed by atoms with Gasteiger partial charge in [-0.2, -0.15) is 0 Å². The van der Waals surface area contributed by atoms with Crippen LogP contribution in [0.3, 0.4) is 0 Å². The Morgan fingerprint density at radius 1 is 0.909 bits per heavy atom. The van der Waals surface area contributed by atoms with E-state index < -0.39 is 6.04 Å². The van der Waals surface area contributed by atoms with E-state index in [4.69, 9.17) is 9.47 Å². The summed E-state index contributed by atoms with van der Waals surface area (Å²) < 4.78 is 10.9. The molecular formula is C25H33N3O5. The first-order valence-electron chi connectivity index (χ1n) is 11.0. The van der Waals surface area contributed by atoms with Crippen molar-refractivity contribution < 1.29 is 23.9 Å². The van der Waals surface area contributed by atoms with Gasteiger partial charge in [0.15, 0.2) is 18.1 Å². The summed E-state index contributed by atoms with van der Waals surface area (Å²) in [6.07, 6.45) is 0.215. The van der Waals surface area contributed by atoms with Crippen molar-refractivity contribution in [1.29, 1.82) is 0 Å². The highest BCUT2D eigenvalue weighted by Crippen LogP contribution is 2.28. The Morgan fingerprint density at radius 2 is 1.64 bits per heavy atom. The molecule has 1 atom stereocenters. The first kappa shape index (κ1) is 25.7. The Labute approximate surface area is 195 Å². The molecular weight excluding hydrogens is 422 g/mol. The van der Waals surface area contributed by atoms with Gasteiger partial charge in [-0.05, 0) is 36.1 Å². The second kappa shape index (κ2) is 13.1. The maximum atomic E-state index is 12.8. The zero-order valence-corrected chi connectivity index (χ0v) is 19.6. The minimum atomic E-state index is -0.650. The number of ether oxygens (including phenoxy) is 2. The fourth-order valence-electron chi connectivity index (χ4n) is 3.17. The average molecular weight is 456 g/mol. The van der Waals surface area contributed by atoms with Gasteiger partial charge in [0.2, 0.25) is 11.8 Å². The summed E-state index contributed by atoms with van der Waals surface area (Å²) in [6.45, 7) is 6.28. The molecule has 0 bridgehead atoms. The Hall–Kier alpha value is -3.55. The van der Waals surface area contributed by atoms with E-state index >= 15 is 0 Å². The van der Waals surface area contributed by atoms with Gasteiger partial charge in [-0.25, -0.2) is 0 Å². The number of carbonyl (C=O) groups excluding carboxylic acids is 3. The molecule has 0 heterocycles. The third kappa shape index (κ3) is 8.48. The number of hydrogen-bond donors (Lipinski definition) is 3. The second-order valence-corrected chi connectivity index (χ2v) is 7.90. The molecule has 0 fully saturated rings. The third-order valence-electron chi connectivity index (χ3n) is 4.90. The van der Waals surface area contributed by atoms with E-state index in [9.17, 15) is 14.4 Å². The molecule has 0 aliphatic heterocycles. The number of hydrogen-bond acceptors (Lipinski definition) is 5.